The van der Waals surface area contributed by atoms with Crippen molar-refractivity contribution in [1.82, 2.24) is 5.32 Å². The second-order valence-electron chi connectivity index (χ2n) is 4.40. The summed E-state index contributed by atoms with van der Waals surface area (Å²) in [6, 6.07) is 0. The third kappa shape index (κ3) is 2.03. The van der Waals surface area contributed by atoms with Crippen molar-refractivity contribution in [2.75, 3.05) is 20.7 Å². The molecule has 5 nitrogen and oxygen atoms in total. The topological polar surface area (TPSA) is 49.0 Å². The smallest absolute Gasteiger partial charge is 0.186 e. The van der Waals surface area contributed by atoms with Gasteiger partial charge in [-0.25, -0.2) is 0 Å². The van der Waals surface area contributed by atoms with Crippen LogP contribution in [-0.2, 0) is 18.9 Å². The zero-order valence-electron chi connectivity index (χ0n) is 9.65. The highest BCUT2D eigenvalue weighted by molar-refractivity contribution is 4.95. The van der Waals surface area contributed by atoms with Gasteiger partial charge < -0.3 is 24.3 Å². The van der Waals surface area contributed by atoms with E-state index in [1.165, 1.54) is 0 Å². The highest BCUT2D eigenvalue weighted by atomic mass is 16.8. The lowest BCUT2D eigenvalue weighted by atomic mass is 10.1. The van der Waals surface area contributed by atoms with Gasteiger partial charge in [-0.3, -0.25) is 0 Å². The van der Waals surface area contributed by atoms with Crippen LogP contribution >= 0.6 is 0 Å². The maximum Gasteiger partial charge on any atom is 0.186 e. The van der Waals surface area contributed by atoms with Crippen molar-refractivity contribution in [3.05, 3.63) is 0 Å². The van der Waals surface area contributed by atoms with E-state index in [4.69, 9.17) is 18.9 Å². The molecule has 2 rings (SSSR count). The predicted octanol–water partition coefficient (Wildman–Crippen LogP) is 0.0972. The van der Waals surface area contributed by atoms with Crippen LogP contribution in [0.15, 0.2) is 0 Å². The molecule has 0 bridgehead atoms. The van der Waals surface area contributed by atoms with Gasteiger partial charge in [-0.2, -0.15) is 0 Å². The standard InChI is InChI=1S/C10H19NO4/c1-10(2)14-7-6(5-11-3)13-9(12-4)8(7)15-10/h6-9,11H,5H2,1-4H3. The first-order valence-electron chi connectivity index (χ1n) is 5.26. The lowest BCUT2D eigenvalue weighted by molar-refractivity contribution is -0.226. The molecule has 0 aliphatic carbocycles. The van der Waals surface area contributed by atoms with Crippen molar-refractivity contribution < 1.29 is 18.9 Å². The summed E-state index contributed by atoms with van der Waals surface area (Å²) in [5, 5.41) is 3.08. The Hall–Kier alpha value is -0.200. The Morgan fingerprint density at radius 2 is 1.93 bits per heavy atom. The van der Waals surface area contributed by atoms with Crippen molar-refractivity contribution >= 4 is 0 Å². The molecule has 4 atom stereocenters. The third-order valence-corrected chi connectivity index (χ3v) is 2.74. The molecule has 0 radical (unpaired) electrons. The van der Waals surface area contributed by atoms with Gasteiger partial charge in [-0.05, 0) is 20.9 Å². The van der Waals surface area contributed by atoms with Crippen LogP contribution in [0.5, 0.6) is 0 Å². The van der Waals surface area contributed by atoms with E-state index in [1.807, 2.05) is 20.9 Å². The van der Waals surface area contributed by atoms with E-state index in [-0.39, 0.29) is 24.6 Å². The molecule has 5 heteroatoms. The first-order chi connectivity index (χ1) is 7.07. The van der Waals surface area contributed by atoms with Crippen LogP contribution in [-0.4, -0.2) is 51.1 Å². The normalized spacial score (nSPS) is 43.2. The van der Waals surface area contributed by atoms with E-state index in [1.54, 1.807) is 7.11 Å². The van der Waals surface area contributed by atoms with Gasteiger partial charge in [0.2, 0.25) is 0 Å². The van der Waals surface area contributed by atoms with Crippen LogP contribution in [0.3, 0.4) is 0 Å². The molecule has 0 aromatic heterocycles. The van der Waals surface area contributed by atoms with E-state index < -0.39 is 5.79 Å². The van der Waals surface area contributed by atoms with Crippen LogP contribution in [0.2, 0.25) is 0 Å². The van der Waals surface area contributed by atoms with Gasteiger partial charge in [0, 0.05) is 13.7 Å². The Labute approximate surface area is 90.0 Å². The molecule has 88 valence electrons. The average Bonchev–Trinajstić information content (AvgIpc) is 2.61. The Balaban J connectivity index is 2.08. The summed E-state index contributed by atoms with van der Waals surface area (Å²) in [6.45, 7) is 4.56. The summed E-state index contributed by atoms with van der Waals surface area (Å²) >= 11 is 0. The lowest BCUT2D eigenvalue weighted by Crippen LogP contribution is -2.36. The molecule has 0 aromatic rings. The number of likely N-dealkylation sites (N-methyl/N-ethyl adjacent to an activating group) is 1. The van der Waals surface area contributed by atoms with Crippen molar-refractivity contribution in [2.45, 2.75) is 44.2 Å². The second kappa shape index (κ2) is 3.99. The molecule has 2 aliphatic rings. The van der Waals surface area contributed by atoms with Crippen molar-refractivity contribution in [1.29, 1.82) is 0 Å². The minimum Gasteiger partial charge on any atom is -0.353 e. The van der Waals surface area contributed by atoms with Crippen LogP contribution in [0.1, 0.15) is 13.8 Å². The van der Waals surface area contributed by atoms with Gasteiger partial charge in [0.05, 0.1) is 0 Å². The third-order valence-electron chi connectivity index (χ3n) is 2.74. The largest absolute Gasteiger partial charge is 0.353 e. The zero-order chi connectivity index (χ0) is 11.1. The molecule has 0 spiro atoms. The molecule has 2 saturated heterocycles. The van der Waals surface area contributed by atoms with Crippen LogP contribution < -0.4 is 5.32 Å². The average molecular weight is 217 g/mol. The number of ether oxygens (including phenoxy) is 4. The van der Waals surface area contributed by atoms with Gasteiger partial charge in [-0.1, -0.05) is 0 Å². The Morgan fingerprint density at radius 3 is 2.53 bits per heavy atom. The Bertz CT molecular complexity index is 233. The SMILES string of the molecule is CNCC1OC(OC)C2OC(C)(C)OC12. The van der Waals surface area contributed by atoms with Crippen molar-refractivity contribution in [3.63, 3.8) is 0 Å². The van der Waals surface area contributed by atoms with Gasteiger partial charge in [0.25, 0.3) is 0 Å². The van der Waals surface area contributed by atoms with E-state index in [2.05, 4.69) is 5.32 Å². The molecule has 0 saturated carbocycles. The number of hydrogen-bond donors (Lipinski definition) is 1. The van der Waals surface area contributed by atoms with E-state index in [0.717, 1.165) is 6.54 Å². The Kier molecular flexibility index (Phi) is 3.00. The van der Waals surface area contributed by atoms with E-state index >= 15 is 0 Å². The number of fused-ring (bicyclic) bond motifs is 1. The zero-order valence-corrected chi connectivity index (χ0v) is 9.65. The molecule has 1 N–H and O–H groups in total. The quantitative estimate of drug-likeness (QED) is 0.726. The Morgan fingerprint density at radius 1 is 1.27 bits per heavy atom. The summed E-state index contributed by atoms with van der Waals surface area (Å²) in [7, 11) is 3.51. The summed E-state index contributed by atoms with van der Waals surface area (Å²) in [5.74, 6) is -0.540. The van der Waals surface area contributed by atoms with Crippen LogP contribution in [0, 0.1) is 0 Å². The highest BCUT2D eigenvalue weighted by Gasteiger charge is 2.55. The van der Waals surface area contributed by atoms with Crippen LogP contribution in [0.25, 0.3) is 0 Å². The molecule has 2 heterocycles. The fourth-order valence-electron chi connectivity index (χ4n) is 2.20. The van der Waals surface area contributed by atoms with Crippen molar-refractivity contribution in [2.24, 2.45) is 0 Å². The first kappa shape index (κ1) is 11.3. The monoisotopic (exact) mass is 217 g/mol. The number of hydrogen-bond acceptors (Lipinski definition) is 5. The highest BCUT2D eigenvalue weighted by Crippen LogP contribution is 2.38. The van der Waals surface area contributed by atoms with Crippen molar-refractivity contribution in [3.8, 4) is 0 Å². The van der Waals surface area contributed by atoms with Gasteiger partial charge in [0.15, 0.2) is 12.1 Å². The molecular formula is C10H19NO4. The number of methoxy groups -OCH3 is 1. The van der Waals surface area contributed by atoms with Gasteiger partial charge in [-0.15, -0.1) is 0 Å². The molecular weight excluding hydrogens is 198 g/mol. The number of rotatable bonds is 3. The first-order valence-corrected chi connectivity index (χ1v) is 5.26. The van der Waals surface area contributed by atoms with Crippen LogP contribution in [0.4, 0.5) is 0 Å². The summed E-state index contributed by atoms with van der Waals surface area (Å²) < 4.78 is 22.5. The molecule has 0 amide bonds. The van der Waals surface area contributed by atoms with Gasteiger partial charge in [0.1, 0.15) is 18.3 Å². The molecule has 2 aliphatic heterocycles. The molecule has 4 unspecified atom stereocenters. The fraction of sp³-hybridized carbons (Fsp3) is 1.00. The molecule has 0 aromatic carbocycles. The summed E-state index contributed by atoms with van der Waals surface area (Å²) in [5.41, 5.74) is 0. The lowest BCUT2D eigenvalue weighted by Gasteiger charge is -2.23. The van der Waals surface area contributed by atoms with E-state index in [0.29, 0.717) is 0 Å². The van der Waals surface area contributed by atoms with Gasteiger partial charge >= 0.3 is 0 Å². The summed E-state index contributed by atoms with van der Waals surface area (Å²) in [6.07, 6.45) is -0.498. The number of nitrogens with one attached hydrogen (secondary N) is 1. The predicted molar refractivity (Wildman–Crippen MR) is 53.4 cm³/mol. The maximum atomic E-state index is 5.80. The second-order valence-corrected chi connectivity index (χ2v) is 4.40. The maximum absolute atomic E-state index is 5.80. The fourth-order valence-corrected chi connectivity index (χ4v) is 2.20. The molecule has 15 heavy (non-hydrogen) atoms. The molecule has 2 fully saturated rings. The minimum absolute atomic E-state index is 0.00766. The van der Waals surface area contributed by atoms with E-state index in [9.17, 15) is 0 Å². The minimum atomic E-state index is -0.540. The summed E-state index contributed by atoms with van der Waals surface area (Å²) in [4.78, 5) is 0.